The van der Waals surface area contributed by atoms with Gasteiger partial charge in [-0.05, 0) is 29.8 Å². The van der Waals surface area contributed by atoms with Crippen molar-refractivity contribution in [2.24, 2.45) is 0 Å². The molecule has 0 radical (unpaired) electrons. The summed E-state index contributed by atoms with van der Waals surface area (Å²) in [6.45, 7) is 5.45. The average Bonchev–Trinajstić information content (AvgIpc) is 3.03. The topological polar surface area (TPSA) is 44.4 Å². The fraction of sp³-hybridized carbons (Fsp3) is 0.353. The summed E-state index contributed by atoms with van der Waals surface area (Å²) in [6.07, 6.45) is 0. The van der Waals surface area contributed by atoms with E-state index in [-0.39, 0.29) is 18.3 Å². The van der Waals surface area contributed by atoms with Crippen LogP contribution in [0, 0.1) is 0 Å². The number of nitrogens with zero attached hydrogens (tertiary/aromatic N) is 1. The van der Waals surface area contributed by atoms with Gasteiger partial charge in [0.2, 0.25) is 0 Å². The van der Waals surface area contributed by atoms with Crippen molar-refractivity contribution < 1.29 is 4.79 Å². The van der Waals surface area contributed by atoms with Crippen molar-refractivity contribution in [1.29, 1.82) is 0 Å². The van der Waals surface area contributed by atoms with Gasteiger partial charge in [-0.15, -0.1) is 23.7 Å². The van der Waals surface area contributed by atoms with E-state index in [2.05, 4.69) is 15.5 Å². The molecule has 3 rings (SSSR count). The van der Waals surface area contributed by atoms with Crippen LogP contribution in [0.5, 0.6) is 0 Å². The highest BCUT2D eigenvalue weighted by atomic mass is 35.5. The smallest absolute Gasteiger partial charge is 0.261 e. The molecule has 25 heavy (non-hydrogen) atoms. The number of amides is 1. The Labute approximate surface area is 167 Å². The van der Waals surface area contributed by atoms with Gasteiger partial charge < -0.3 is 10.6 Å². The second-order valence-corrected chi connectivity index (χ2v) is 7.72. The van der Waals surface area contributed by atoms with E-state index in [0.717, 1.165) is 43.2 Å². The number of carbonyl (C=O) groups is 1. The molecule has 4 nitrogen and oxygen atoms in total. The predicted molar refractivity (Wildman–Crippen MR) is 107 cm³/mol. The lowest BCUT2D eigenvalue weighted by molar-refractivity contribution is 0.0955. The van der Waals surface area contributed by atoms with E-state index < -0.39 is 0 Å². The fourth-order valence-electron chi connectivity index (χ4n) is 2.60. The van der Waals surface area contributed by atoms with Gasteiger partial charge in [0.1, 0.15) is 0 Å². The zero-order valence-electron chi connectivity index (χ0n) is 13.6. The van der Waals surface area contributed by atoms with Gasteiger partial charge in [0.05, 0.1) is 4.88 Å². The molecule has 0 atom stereocenters. The first-order valence-corrected chi connectivity index (χ1v) is 9.43. The molecule has 2 N–H and O–H groups in total. The van der Waals surface area contributed by atoms with Crippen LogP contribution < -0.4 is 10.6 Å². The normalized spacial score (nSPS) is 14.8. The molecule has 1 fully saturated rings. The molecule has 1 amide bonds. The summed E-state index contributed by atoms with van der Waals surface area (Å²) in [5.74, 6) is -0.0717. The summed E-state index contributed by atoms with van der Waals surface area (Å²) in [5, 5.41) is 7.41. The standard InChI is InChI=1S/C17H19Cl2N3OS.ClH/c18-13-2-1-12(15(19)9-13)10-21-17(23)16-4-3-14(24-16)11-22-7-5-20-6-8-22;/h1-4,9,20H,5-8,10-11H2,(H,21,23);1H. The molecule has 0 aliphatic carbocycles. The molecule has 1 aliphatic heterocycles. The molecule has 0 spiro atoms. The Balaban J connectivity index is 0.00000225. The van der Waals surface area contributed by atoms with E-state index in [0.29, 0.717) is 16.6 Å². The third-order valence-corrected chi connectivity index (χ3v) is 5.58. The molecule has 8 heteroatoms. The van der Waals surface area contributed by atoms with Crippen molar-refractivity contribution in [3.05, 3.63) is 55.7 Å². The quantitative estimate of drug-likeness (QED) is 0.773. The van der Waals surface area contributed by atoms with Crippen LogP contribution in [0.3, 0.4) is 0 Å². The first-order chi connectivity index (χ1) is 11.6. The number of piperazine rings is 1. The lowest BCUT2D eigenvalue weighted by atomic mass is 10.2. The first kappa shape index (κ1) is 20.5. The van der Waals surface area contributed by atoms with Gasteiger partial charge in [-0.25, -0.2) is 0 Å². The Bertz CT molecular complexity index is 717. The summed E-state index contributed by atoms with van der Waals surface area (Å²) in [6, 6.07) is 9.21. The van der Waals surface area contributed by atoms with Crippen LogP contribution in [0.2, 0.25) is 10.0 Å². The molecule has 0 saturated carbocycles. The van der Waals surface area contributed by atoms with Crippen molar-refractivity contribution in [3.8, 4) is 0 Å². The van der Waals surface area contributed by atoms with E-state index >= 15 is 0 Å². The van der Waals surface area contributed by atoms with Crippen molar-refractivity contribution in [3.63, 3.8) is 0 Å². The average molecular weight is 421 g/mol. The van der Waals surface area contributed by atoms with E-state index in [1.54, 1.807) is 23.5 Å². The second kappa shape index (κ2) is 9.76. The summed E-state index contributed by atoms with van der Waals surface area (Å²) in [7, 11) is 0. The van der Waals surface area contributed by atoms with Crippen LogP contribution in [-0.2, 0) is 13.1 Å². The summed E-state index contributed by atoms with van der Waals surface area (Å²) in [5.41, 5.74) is 0.854. The number of carbonyl (C=O) groups excluding carboxylic acids is 1. The summed E-state index contributed by atoms with van der Waals surface area (Å²) in [4.78, 5) is 16.7. The maximum atomic E-state index is 12.3. The minimum absolute atomic E-state index is 0. The minimum Gasteiger partial charge on any atom is -0.347 e. The third-order valence-electron chi connectivity index (χ3n) is 3.93. The number of halogens is 3. The highest BCUT2D eigenvalue weighted by Crippen LogP contribution is 2.22. The molecule has 1 saturated heterocycles. The number of rotatable bonds is 5. The number of nitrogens with one attached hydrogen (secondary N) is 2. The molecule has 0 unspecified atom stereocenters. The van der Waals surface area contributed by atoms with Crippen LogP contribution in [0.15, 0.2) is 30.3 Å². The molecule has 0 bridgehead atoms. The molecule has 136 valence electrons. The van der Waals surface area contributed by atoms with Gasteiger partial charge >= 0.3 is 0 Å². The largest absolute Gasteiger partial charge is 0.347 e. The van der Waals surface area contributed by atoms with Gasteiger partial charge in [-0.2, -0.15) is 0 Å². The Morgan fingerprint density at radius 1 is 1.20 bits per heavy atom. The maximum Gasteiger partial charge on any atom is 0.261 e. The lowest BCUT2D eigenvalue weighted by Crippen LogP contribution is -2.42. The van der Waals surface area contributed by atoms with Gasteiger partial charge in [0, 0.05) is 54.2 Å². The van der Waals surface area contributed by atoms with Crippen LogP contribution in [0.4, 0.5) is 0 Å². The maximum absolute atomic E-state index is 12.3. The van der Waals surface area contributed by atoms with Gasteiger partial charge in [0.25, 0.3) is 5.91 Å². The molecule has 1 aromatic heterocycles. The Morgan fingerprint density at radius 2 is 1.96 bits per heavy atom. The molecular formula is C17H20Cl3N3OS. The van der Waals surface area contributed by atoms with E-state index in [1.165, 1.54) is 4.88 Å². The zero-order chi connectivity index (χ0) is 16.9. The number of hydrogen-bond donors (Lipinski definition) is 2. The second-order valence-electron chi connectivity index (χ2n) is 5.71. The van der Waals surface area contributed by atoms with Crippen LogP contribution in [0.1, 0.15) is 20.1 Å². The molecule has 1 aliphatic rings. The molecular weight excluding hydrogens is 401 g/mol. The Morgan fingerprint density at radius 3 is 2.68 bits per heavy atom. The zero-order valence-corrected chi connectivity index (χ0v) is 16.7. The Hall–Kier alpha value is -0.820. The number of hydrogen-bond acceptors (Lipinski definition) is 4. The van der Waals surface area contributed by atoms with Crippen molar-refractivity contribution >= 4 is 52.9 Å². The monoisotopic (exact) mass is 419 g/mol. The third kappa shape index (κ3) is 5.84. The molecule has 2 aromatic rings. The summed E-state index contributed by atoms with van der Waals surface area (Å²) < 4.78 is 0. The molecule has 1 aromatic carbocycles. The van der Waals surface area contributed by atoms with Crippen LogP contribution >= 0.6 is 46.9 Å². The van der Waals surface area contributed by atoms with Crippen molar-refractivity contribution in [1.82, 2.24) is 15.5 Å². The number of thiophene rings is 1. The molecule has 2 heterocycles. The highest BCUT2D eigenvalue weighted by molar-refractivity contribution is 7.14. The SMILES string of the molecule is Cl.O=C(NCc1ccc(Cl)cc1Cl)c1ccc(CN2CCNCC2)s1. The minimum atomic E-state index is -0.0717. The van der Waals surface area contributed by atoms with Crippen molar-refractivity contribution in [2.75, 3.05) is 26.2 Å². The van der Waals surface area contributed by atoms with E-state index in [9.17, 15) is 4.79 Å². The van der Waals surface area contributed by atoms with Crippen molar-refractivity contribution in [2.45, 2.75) is 13.1 Å². The summed E-state index contributed by atoms with van der Waals surface area (Å²) >= 11 is 13.6. The van der Waals surface area contributed by atoms with E-state index in [4.69, 9.17) is 23.2 Å². The van der Waals surface area contributed by atoms with E-state index in [1.807, 2.05) is 18.2 Å². The van der Waals surface area contributed by atoms with Gasteiger partial charge in [-0.3, -0.25) is 9.69 Å². The number of benzene rings is 1. The predicted octanol–water partition coefficient (Wildman–Crippen LogP) is 3.81. The fourth-order valence-corrected chi connectivity index (χ4v) is 4.04. The lowest BCUT2D eigenvalue weighted by Gasteiger charge is -2.26. The Kier molecular flexibility index (Phi) is 8.00. The van der Waals surface area contributed by atoms with Crippen LogP contribution in [-0.4, -0.2) is 37.0 Å². The van der Waals surface area contributed by atoms with Gasteiger partial charge in [0.15, 0.2) is 0 Å². The van der Waals surface area contributed by atoms with Crippen LogP contribution in [0.25, 0.3) is 0 Å². The first-order valence-electron chi connectivity index (χ1n) is 7.86. The van der Waals surface area contributed by atoms with Gasteiger partial charge in [-0.1, -0.05) is 29.3 Å². The highest BCUT2D eigenvalue weighted by Gasteiger charge is 2.14.